The molecule has 0 amide bonds. The molecule has 0 aliphatic heterocycles. The van der Waals surface area contributed by atoms with E-state index < -0.39 is 0 Å². The Labute approximate surface area is 95.8 Å². The summed E-state index contributed by atoms with van der Waals surface area (Å²) in [7, 11) is 0. The van der Waals surface area contributed by atoms with Gasteiger partial charge in [-0.25, -0.2) is 0 Å². The number of rotatable bonds is 0. The molecular weight excluding hydrogens is 180 g/mol. The maximum absolute atomic E-state index is 2.46. The fourth-order valence-electron chi connectivity index (χ4n) is 4.78. The van der Waals surface area contributed by atoms with Crippen molar-refractivity contribution < 1.29 is 0 Å². The molecule has 0 aromatic carbocycles. The van der Waals surface area contributed by atoms with Gasteiger partial charge in [0.15, 0.2) is 0 Å². The molecular formula is C15H28. The first-order valence-electron chi connectivity index (χ1n) is 6.71. The Kier molecular flexibility index (Phi) is 2.48. The molecule has 0 N–H and O–H groups in total. The number of hydrogen-bond acceptors (Lipinski definition) is 0. The van der Waals surface area contributed by atoms with E-state index in [0.29, 0.717) is 10.8 Å². The van der Waals surface area contributed by atoms with Gasteiger partial charge in [0, 0.05) is 0 Å². The number of hydrogen-bond donors (Lipinski definition) is 0. The molecule has 2 aliphatic carbocycles. The van der Waals surface area contributed by atoms with E-state index in [1.165, 1.54) is 19.3 Å². The van der Waals surface area contributed by atoms with Crippen LogP contribution in [0.5, 0.6) is 0 Å². The SMILES string of the molecule is CC(C)(C)[C@@H]1[C@@H]2CC[C@@H](C2)[C@H]1C(C)(C)C. The second-order valence-corrected chi connectivity index (χ2v) is 8.12. The predicted octanol–water partition coefficient (Wildman–Crippen LogP) is 4.74. The molecule has 0 radical (unpaired) electrons. The lowest BCUT2D eigenvalue weighted by molar-refractivity contribution is 0.0245. The lowest BCUT2D eigenvalue weighted by Crippen LogP contribution is -2.39. The van der Waals surface area contributed by atoms with Gasteiger partial charge < -0.3 is 0 Å². The van der Waals surface area contributed by atoms with Crippen LogP contribution in [0.25, 0.3) is 0 Å². The predicted molar refractivity (Wildman–Crippen MR) is 66.7 cm³/mol. The van der Waals surface area contributed by atoms with E-state index in [1.54, 1.807) is 0 Å². The molecule has 0 spiro atoms. The van der Waals surface area contributed by atoms with Crippen molar-refractivity contribution in [3.63, 3.8) is 0 Å². The van der Waals surface area contributed by atoms with Gasteiger partial charge in [0.05, 0.1) is 0 Å². The lowest BCUT2D eigenvalue weighted by atomic mass is 9.59. The summed E-state index contributed by atoms with van der Waals surface area (Å²) in [6.07, 6.45) is 4.56. The van der Waals surface area contributed by atoms with Crippen molar-refractivity contribution in [2.75, 3.05) is 0 Å². The highest BCUT2D eigenvalue weighted by molar-refractivity contribution is 5.03. The second kappa shape index (κ2) is 3.25. The summed E-state index contributed by atoms with van der Waals surface area (Å²) in [6.45, 7) is 14.7. The van der Waals surface area contributed by atoms with Crippen LogP contribution in [0.1, 0.15) is 60.8 Å². The average molecular weight is 208 g/mol. The first-order valence-corrected chi connectivity index (χ1v) is 6.71. The maximum atomic E-state index is 2.46. The minimum absolute atomic E-state index is 0.512. The van der Waals surface area contributed by atoms with Crippen molar-refractivity contribution in [2.45, 2.75) is 60.8 Å². The first kappa shape index (κ1) is 11.5. The second-order valence-electron chi connectivity index (χ2n) is 8.12. The summed E-state index contributed by atoms with van der Waals surface area (Å²) >= 11 is 0. The average Bonchev–Trinajstić information content (AvgIpc) is 2.56. The summed E-state index contributed by atoms with van der Waals surface area (Å²) < 4.78 is 0. The largest absolute Gasteiger partial charge is 0.0599 e. The van der Waals surface area contributed by atoms with Crippen LogP contribution in [-0.4, -0.2) is 0 Å². The molecule has 0 aromatic rings. The van der Waals surface area contributed by atoms with Crippen molar-refractivity contribution in [3.8, 4) is 0 Å². The third-order valence-electron chi connectivity index (χ3n) is 4.92. The van der Waals surface area contributed by atoms with E-state index in [9.17, 15) is 0 Å². The fraction of sp³-hybridized carbons (Fsp3) is 1.00. The van der Waals surface area contributed by atoms with Crippen LogP contribution < -0.4 is 0 Å². The zero-order valence-electron chi connectivity index (χ0n) is 11.4. The lowest BCUT2D eigenvalue weighted by Gasteiger charge is -2.46. The Morgan fingerprint density at radius 2 is 1.00 bits per heavy atom. The molecule has 2 saturated carbocycles. The van der Waals surface area contributed by atoms with Gasteiger partial charge in [0.25, 0.3) is 0 Å². The Morgan fingerprint density at radius 1 is 0.667 bits per heavy atom. The van der Waals surface area contributed by atoms with Crippen LogP contribution >= 0.6 is 0 Å². The van der Waals surface area contributed by atoms with Gasteiger partial charge in [-0.2, -0.15) is 0 Å². The minimum atomic E-state index is 0.512. The van der Waals surface area contributed by atoms with Crippen LogP contribution in [0.2, 0.25) is 0 Å². The van der Waals surface area contributed by atoms with Gasteiger partial charge in [0.1, 0.15) is 0 Å². The third-order valence-corrected chi connectivity index (χ3v) is 4.92. The molecule has 4 atom stereocenters. The summed E-state index contributed by atoms with van der Waals surface area (Å²) in [5.41, 5.74) is 1.02. The monoisotopic (exact) mass is 208 g/mol. The normalized spacial score (nSPS) is 41.2. The van der Waals surface area contributed by atoms with Gasteiger partial charge in [-0.15, -0.1) is 0 Å². The van der Waals surface area contributed by atoms with Crippen molar-refractivity contribution in [1.82, 2.24) is 0 Å². The third kappa shape index (κ3) is 1.85. The molecule has 2 rings (SSSR count). The van der Waals surface area contributed by atoms with Gasteiger partial charge in [0.2, 0.25) is 0 Å². The zero-order chi connectivity index (χ0) is 11.4. The topological polar surface area (TPSA) is 0 Å². The van der Waals surface area contributed by atoms with E-state index >= 15 is 0 Å². The van der Waals surface area contributed by atoms with Crippen molar-refractivity contribution >= 4 is 0 Å². The number of fused-ring (bicyclic) bond motifs is 2. The van der Waals surface area contributed by atoms with E-state index in [0.717, 1.165) is 23.7 Å². The zero-order valence-corrected chi connectivity index (χ0v) is 11.4. The Balaban J connectivity index is 2.28. The summed E-state index contributed by atoms with van der Waals surface area (Å²) in [6, 6.07) is 0. The van der Waals surface area contributed by atoms with Gasteiger partial charge in [-0.1, -0.05) is 41.5 Å². The molecule has 0 heteroatoms. The molecule has 0 nitrogen and oxygen atoms in total. The minimum Gasteiger partial charge on any atom is -0.0599 e. The van der Waals surface area contributed by atoms with Crippen molar-refractivity contribution in [2.24, 2.45) is 34.5 Å². The van der Waals surface area contributed by atoms with Gasteiger partial charge in [-0.3, -0.25) is 0 Å². The summed E-state index contributed by atoms with van der Waals surface area (Å²) in [5.74, 6) is 4.02. The summed E-state index contributed by atoms with van der Waals surface area (Å²) in [5, 5.41) is 0. The van der Waals surface area contributed by atoms with Gasteiger partial charge in [-0.05, 0) is 53.8 Å². The van der Waals surface area contributed by atoms with Crippen LogP contribution in [0.4, 0.5) is 0 Å². The van der Waals surface area contributed by atoms with Gasteiger partial charge >= 0.3 is 0 Å². The Morgan fingerprint density at radius 3 is 1.27 bits per heavy atom. The first-order chi connectivity index (χ1) is 6.71. The maximum Gasteiger partial charge on any atom is -0.0301 e. The molecule has 0 unspecified atom stereocenters. The molecule has 0 heterocycles. The van der Waals surface area contributed by atoms with E-state index in [-0.39, 0.29) is 0 Å². The Hall–Kier alpha value is 0. The highest BCUT2D eigenvalue weighted by Gasteiger charge is 2.54. The molecule has 2 aliphatic rings. The standard InChI is InChI=1S/C15H28/c1-14(2,3)12-10-7-8-11(9-10)13(12)15(4,5)6/h10-13H,7-9H2,1-6H3/t10-,11+,12-,13-/m1/s1. The van der Waals surface area contributed by atoms with Crippen molar-refractivity contribution in [1.29, 1.82) is 0 Å². The molecule has 88 valence electrons. The quantitative estimate of drug-likeness (QED) is 0.539. The highest BCUT2D eigenvalue weighted by atomic mass is 14.6. The molecule has 2 fully saturated rings. The fourth-order valence-corrected chi connectivity index (χ4v) is 4.78. The van der Waals surface area contributed by atoms with E-state index in [4.69, 9.17) is 0 Å². The summed E-state index contributed by atoms with van der Waals surface area (Å²) in [4.78, 5) is 0. The van der Waals surface area contributed by atoms with E-state index in [2.05, 4.69) is 41.5 Å². The van der Waals surface area contributed by atoms with E-state index in [1.807, 2.05) is 0 Å². The molecule has 0 aromatic heterocycles. The molecule has 2 bridgehead atoms. The Bertz CT molecular complexity index is 212. The van der Waals surface area contributed by atoms with Crippen molar-refractivity contribution in [3.05, 3.63) is 0 Å². The van der Waals surface area contributed by atoms with Crippen LogP contribution in [0.15, 0.2) is 0 Å². The van der Waals surface area contributed by atoms with Crippen LogP contribution in [0, 0.1) is 34.5 Å². The van der Waals surface area contributed by atoms with Crippen LogP contribution in [-0.2, 0) is 0 Å². The molecule has 0 saturated heterocycles. The van der Waals surface area contributed by atoms with Crippen LogP contribution in [0.3, 0.4) is 0 Å². The molecule has 15 heavy (non-hydrogen) atoms. The smallest absolute Gasteiger partial charge is 0.0301 e. The highest BCUT2D eigenvalue weighted by Crippen LogP contribution is 2.62.